The molecule has 96 valence electrons. The van der Waals surface area contributed by atoms with Gasteiger partial charge in [-0.3, -0.25) is 4.79 Å². The number of aromatic nitrogens is 1. The van der Waals surface area contributed by atoms with Crippen LogP contribution >= 0.6 is 0 Å². The Kier molecular flexibility index (Phi) is 4.75. The first-order valence-corrected chi connectivity index (χ1v) is 6.13. The zero-order valence-corrected chi connectivity index (χ0v) is 11.1. The van der Waals surface area contributed by atoms with E-state index in [1.807, 2.05) is 26.8 Å². The first-order chi connectivity index (χ1) is 8.04. The lowest BCUT2D eigenvalue weighted by Crippen LogP contribution is -2.37. The summed E-state index contributed by atoms with van der Waals surface area (Å²) in [7, 11) is 0. The summed E-state index contributed by atoms with van der Waals surface area (Å²) in [6.45, 7) is 8.79. The van der Waals surface area contributed by atoms with Gasteiger partial charge in [0.25, 0.3) is 5.91 Å². The molecule has 0 saturated carbocycles. The topological polar surface area (TPSA) is 54.3 Å². The molecule has 1 aromatic heterocycles. The molecule has 0 bridgehead atoms. The molecule has 1 atom stereocenters. The summed E-state index contributed by atoms with van der Waals surface area (Å²) < 4.78 is 2.11. The minimum Gasteiger partial charge on any atom is -0.394 e. The third-order valence-electron chi connectivity index (χ3n) is 3.18. The highest BCUT2D eigenvalue weighted by molar-refractivity contribution is 5.95. The summed E-state index contributed by atoms with van der Waals surface area (Å²) >= 11 is 0. The molecule has 1 rings (SSSR count). The van der Waals surface area contributed by atoms with Gasteiger partial charge in [0.05, 0.1) is 18.2 Å². The zero-order chi connectivity index (χ0) is 13.0. The van der Waals surface area contributed by atoms with E-state index in [1.54, 1.807) is 0 Å². The SMILES string of the molecule is CCC(CO)NC(=O)c1cc(C)n(CC)c1C. The molecule has 1 amide bonds. The molecule has 2 N–H and O–H groups in total. The Hall–Kier alpha value is -1.29. The highest BCUT2D eigenvalue weighted by Crippen LogP contribution is 2.15. The van der Waals surface area contributed by atoms with Gasteiger partial charge >= 0.3 is 0 Å². The van der Waals surface area contributed by atoms with Gasteiger partial charge in [0.2, 0.25) is 0 Å². The Morgan fingerprint density at radius 3 is 2.53 bits per heavy atom. The van der Waals surface area contributed by atoms with Crippen molar-refractivity contribution in [2.45, 2.75) is 46.7 Å². The maximum atomic E-state index is 12.0. The first kappa shape index (κ1) is 13.8. The quantitative estimate of drug-likeness (QED) is 0.819. The third-order valence-corrected chi connectivity index (χ3v) is 3.18. The second-order valence-electron chi connectivity index (χ2n) is 4.29. The van der Waals surface area contributed by atoms with Gasteiger partial charge in [0.15, 0.2) is 0 Å². The van der Waals surface area contributed by atoms with Crippen molar-refractivity contribution in [2.24, 2.45) is 0 Å². The molecule has 0 aliphatic heterocycles. The summed E-state index contributed by atoms with van der Waals surface area (Å²) in [6.07, 6.45) is 0.731. The molecule has 17 heavy (non-hydrogen) atoms. The van der Waals surface area contributed by atoms with Crippen LogP contribution in [0.5, 0.6) is 0 Å². The molecule has 0 aliphatic rings. The van der Waals surface area contributed by atoms with E-state index >= 15 is 0 Å². The minimum atomic E-state index is -0.160. The molecular formula is C13H22N2O2. The van der Waals surface area contributed by atoms with E-state index in [0.29, 0.717) is 5.56 Å². The van der Waals surface area contributed by atoms with E-state index < -0.39 is 0 Å². The van der Waals surface area contributed by atoms with Crippen molar-refractivity contribution < 1.29 is 9.90 Å². The highest BCUT2D eigenvalue weighted by Gasteiger charge is 2.17. The summed E-state index contributed by atoms with van der Waals surface area (Å²) in [5.74, 6) is -0.0984. The van der Waals surface area contributed by atoms with Crippen molar-refractivity contribution >= 4 is 5.91 Å². The van der Waals surface area contributed by atoms with E-state index in [1.165, 1.54) is 0 Å². The van der Waals surface area contributed by atoms with Crippen LogP contribution < -0.4 is 5.32 Å². The number of rotatable bonds is 5. The molecule has 4 nitrogen and oxygen atoms in total. The number of carbonyl (C=O) groups excluding carboxylic acids is 1. The average molecular weight is 238 g/mol. The van der Waals surface area contributed by atoms with Gasteiger partial charge in [-0.25, -0.2) is 0 Å². The van der Waals surface area contributed by atoms with Crippen LogP contribution in [-0.4, -0.2) is 28.2 Å². The van der Waals surface area contributed by atoms with Crippen molar-refractivity contribution in [1.82, 2.24) is 9.88 Å². The van der Waals surface area contributed by atoms with Gasteiger partial charge in [-0.2, -0.15) is 0 Å². The number of hydrogen-bond donors (Lipinski definition) is 2. The standard InChI is InChI=1S/C13H22N2O2/c1-5-11(8-16)14-13(17)12-7-9(3)15(6-2)10(12)4/h7,11,16H,5-6,8H2,1-4H3,(H,14,17). The Labute approximate surface area is 103 Å². The van der Waals surface area contributed by atoms with Gasteiger partial charge in [0, 0.05) is 17.9 Å². The number of nitrogens with zero attached hydrogens (tertiary/aromatic N) is 1. The Bertz CT molecular complexity index is 392. The van der Waals surface area contributed by atoms with E-state index in [4.69, 9.17) is 5.11 Å². The first-order valence-electron chi connectivity index (χ1n) is 6.13. The highest BCUT2D eigenvalue weighted by atomic mass is 16.3. The van der Waals surface area contributed by atoms with Crippen molar-refractivity contribution in [3.8, 4) is 0 Å². The third kappa shape index (κ3) is 2.88. The van der Waals surface area contributed by atoms with E-state index in [0.717, 1.165) is 24.4 Å². The summed E-state index contributed by atoms with van der Waals surface area (Å²) in [5, 5.41) is 11.9. The van der Waals surface area contributed by atoms with Crippen LogP contribution in [0.25, 0.3) is 0 Å². The van der Waals surface area contributed by atoms with E-state index in [9.17, 15) is 4.79 Å². The Balaban J connectivity index is 2.89. The van der Waals surface area contributed by atoms with Gasteiger partial charge < -0.3 is 15.0 Å². The number of nitrogens with one attached hydrogen (secondary N) is 1. The molecule has 4 heteroatoms. The van der Waals surface area contributed by atoms with Crippen molar-refractivity contribution in [3.63, 3.8) is 0 Å². The lowest BCUT2D eigenvalue weighted by Gasteiger charge is -2.14. The normalized spacial score (nSPS) is 12.5. The summed E-state index contributed by atoms with van der Waals surface area (Å²) in [6, 6.07) is 1.74. The van der Waals surface area contributed by atoms with Crippen LogP contribution in [-0.2, 0) is 6.54 Å². The van der Waals surface area contributed by atoms with E-state index in [-0.39, 0.29) is 18.6 Å². The number of amides is 1. The van der Waals surface area contributed by atoms with Crippen molar-refractivity contribution in [3.05, 3.63) is 23.0 Å². The molecule has 0 saturated heterocycles. The van der Waals surface area contributed by atoms with Crippen LogP contribution in [0.1, 0.15) is 42.0 Å². The molecule has 0 aromatic carbocycles. The zero-order valence-electron chi connectivity index (χ0n) is 11.1. The lowest BCUT2D eigenvalue weighted by atomic mass is 10.2. The maximum absolute atomic E-state index is 12.0. The van der Waals surface area contributed by atoms with Crippen LogP contribution in [0.15, 0.2) is 6.07 Å². The van der Waals surface area contributed by atoms with Crippen LogP contribution in [0, 0.1) is 13.8 Å². The van der Waals surface area contributed by atoms with E-state index in [2.05, 4.69) is 16.8 Å². The number of aryl methyl sites for hydroxylation is 1. The molecule has 0 aliphatic carbocycles. The number of aliphatic hydroxyl groups excluding tert-OH is 1. The molecule has 0 radical (unpaired) electrons. The predicted octanol–water partition coefficient (Wildman–Crippen LogP) is 1.63. The number of hydrogen-bond acceptors (Lipinski definition) is 2. The molecular weight excluding hydrogens is 216 g/mol. The molecule has 1 unspecified atom stereocenters. The van der Waals surface area contributed by atoms with Gasteiger partial charge in [-0.1, -0.05) is 6.92 Å². The van der Waals surface area contributed by atoms with Crippen LogP contribution in [0.2, 0.25) is 0 Å². The lowest BCUT2D eigenvalue weighted by molar-refractivity contribution is 0.0914. The largest absolute Gasteiger partial charge is 0.394 e. The smallest absolute Gasteiger partial charge is 0.253 e. The van der Waals surface area contributed by atoms with Crippen LogP contribution in [0.4, 0.5) is 0 Å². The molecule has 1 aromatic rings. The van der Waals surface area contributed by atoms with Gasteiger partial charge in [-0.15, -0.1) is 0 Å². The second-order valence-corrected chi connectivity index (χ2v) is 4.29. The summed E-state index contributed by atoms with van der Waals surface area (Å²) in [5.41, 5.74) is 2.78. The maximum Gasteiger partial charge on any atom is 0.253 e. The van der Waals surface area contributed by atoms with Crippen LogP contribution in [0.3, 0.4) is 0 Å². The molecule has 1 heterocycles. The van der Waals surface area contributed by atoms with Gasteiger partial charge in [-0.05, 0) is 33.3 Å². The van der Waals surface area contributed by atoms with Crippen molar-refractivity contribution in [2.75, 3.05) is 6.61 Å². The fourth-order valence-corrected chi connectivity index (χ4v) is 2.06. The van der Waals surface area contributed by atoms with Crippen molar-refractivity contribution in [1.29, 1.82) is 0 Å². The molecule has 0 spiro atoms. The fraction of sp³-hybridized carbons (Fsp3) is 0.615. The van der Waals surface area contributed by atoms with Gasteiger partial charge in [0.1, 0.15) is 0 Å². The fourth-order valence-electron chi connectivity index (χ4n) is 2.06. The minimum absolute atomic E-state index is 0.0191. The summed E-state index contributed by atoms with van der Waals surface area (Å²) in [4.78, 5) is 12.0. The Morgan fingerprint density at radius 2 is 2.12 bits per heavy atom. The Morgan fingerprint density at radius 1 is 1.47 bits per heavy atom. The number of carbonyl (C=O) groups is 1. The number of aliphatic hydroxyl groups is 1. The molecule has 0 fully saturated rings. The monoisotopic (exact) mass is 238 g/mol. The second kappa shape index (κ2) is 5.87. The average Bonchev–Trinajstić information content (AvgIpc) is 2.61. The predicted molar refractivity (Wildman–Crippen MR) is 68.2 cm³/mol.